The summed E-state index contributed by atoms with van der Waals surface area (Å²) in [5.74, 6) is 0.393. The van der Waals surface area contributed by atoms with E-state index in [0.29, 0.717) is 18.5 Å². The second kappa shape index (κ2) is 9.53. The van der Waals surface area contributed by atoms with Gasteiger partial charge >= 0.3 is 0 Å². The van der Waals surface area contributed by atoms with Crippen molar-refractivity contribution in [2.45, 2.75) is 56.7 Å². The Hall–Kier alpha value is -2.84. The molecule has 1 aromatic carbocycles. The molecule has 0 saturated carbocycles. The number of hydrogen-bond donors (Lipinski definition) is 2. The molecule has 164 valence electrons. The fourth-order valence-corrected chi connectivity index (χ4v) is 4.67. The zero-order chi connectivity index (χ0) is 21.7. The van der Waals surface area contributed by atoms with Crippen molar-refractivity contribution < 1.29 is 17.3 Å². The van der Waals surface area contributed by atoms with Crippen LogP contribution < -0.4 is 10.0 Å². The second-order valence-electron chi connectivity index (χ2n) is 7.82. The van der Waals surface area contributed by atoms with E-state index in [2.05, 4.69) is 28.0 Å². The molecule has 0 bridgehead atoms. The SMILES string of the molecule is CC(CC1=CCCCC1)NCc1ccccc1-c1ncc(NS(=O)(=O)c2ccco2)o1. The van der Waals surface area contributed by atoms with E-state index >= 15 is 0 Å². The highest BCUT2D eigenvalue weighted by Gasteiger charge is 2.20. The molecule has 7 nitrogen and oxygen atoms in total. The maximum Gasteiger partial charge on any atom is 0.297 e. The zero-order valence-electron chi connectivity index (χ0n) is 17.5. The molecule has 1 aliphatic carbocycles. The number of nitrogens with zero attached hydrogens (tertiary/aromatic N) is 1. The van der Waals surface area contributed by atoms with Gasteiger partial charge in [0.15, 0.2) is 0 Å². The predicted molar refractivity (Wildman–Crippen MR) is 119 cm³/mol. The minimum atomic E-state index is -3.85. The van der Waals surface area contributed by atoms with E-state index in [-0.39, 0.29) is 11.0 Å². The molecular weight excluding hydrogens is 414 g/mol. The first-order valence-electron chi connectivity index (χ1n) is 10.5. The number of aromatic nitrogens is 1. The number of hydrogen-bond acceptors (Lipinski definition) is 6. The fraction of sp³-hybridized carbons (Fsp3) is 0.348. The van der Waals surface area contributed by atoms with Crippen LogP contribution >= 0.6 is 0 Å². The quantitative estimate of drug-likeness (QED) is 0.448. The molecule has 0 aliphatic heterocycles. The van der Waals surface area contributed by atoms with Gasteiger partial charge in [0.1, 0.15) is 0 Å². The monoisotopic (exact) mass is 441 g/mol. The van der Waals surface area contributed by atoms with Crippen LogP contribution in [0.25, 0.3) is 11.5 Å². The van der Waals surface area contributed by atoms with Crippen molar-refractivity contribution in [3.8, 4) is 11.5 Å². The van der Waals surface area contributed by atoms with Gasteiger partial charge < -0.3 is 14.2 Å². The Morgan fingerprint density at radius 3 is 2.81 bits per heavy atom. The lowest BCUT2D eigenvalue weighted by Crippen LogP contribution is -2.26. The Labute approximate surface area is 182 Å². The van der Waals surface area contributed by atoms with Crippen LogP contribution in [0.2, 0.25) is 0 Å². The summed E-state index contributed by atoms with van der Waals surface area (Å²) in [6, 6.07) is 11.1. The summed E-state index contributed by atoms with van der Waals surface area (Å²) in [5, 5.41) is 3.40. The summed E-state index contributed by atoms with van der Waals surface area (Å²) in [6.07, 6.45) is 11.1. The number of anilines is 1. The van der Waals surface area contributed by atoms with Crippen LogP contribution in [0.15, 0.2) is 74.4 Å². The molecule has 0 spiro atoms. The van der Waals surface area contributed by atoms with Gasteiger partial charge in [-0.2, -0.15) is 8.42 Å². The van der Waals surface area contributed by atoms with E-state index in [4.69, 9.17) is 8.83 Å². The van der Waals surface area contributed by atoms with Crippen LogP contribution in [-0.4, -0.2) is 19.4 Å². The standard InChI is InChI=1S/C23H27N3O4S/c1-17(14-18-8-3-2-4-9-18)24-15-19-10-5-6-11-20(19)23-25-16-21(30-23)26-31(27,28)22-12-7-13-29-22/h5-8,10-13,16-17,24,26H,2-4,9,14-15H2,1H3. The molecule has 3 aromatic rings. The van der Waals surface area contributed by atoms with Gasteiger partial charge in [-0.15, -0.1) is 0 Å². The van der Waals surface area contributed by atoms with E-state index in [1.807, 2.05) is 24.3 Å². The largest absolute Gasteiger partial charge is 0.451 e. The van der Waals surface area contributed by atoms with Crippen LogP contribution in [-0.2, 0) is 16.6 Å². The van der Waals surface area contributed by atoms with Gasteiger partial charge in [0.05, 0.1) is 12.5 Å². The highest BCUT2D eigenvalue weighted by atomic mass is 32.2. The molecule has 0 saturated heterocycles. The van der Waals surface area contributed by atoms with Gasteiger partial charge in [0, 0.05) is 18.2 Å². The van der Waals surface area contributed by atoms with Crippen molar-refractivity contribution in [1.29, 1.82) is 0 Å². The number of allylic oxidation sites excluding steroid dienone is 1. The Morgan fingerprint density at radius 1 is 1.16 bits per heavy atom. The third-order valence-electron chi connectivity index (χ3n) is 5.34. The number of oxazole rings is 1. The Morgan fingerprint density at radius 2 is 2.03 bits per heavy atom. The average molecular weight is 442 g/mol. The number of rotatable bonds is 9. The number of benzene rings is 1. The Bertz CT molecular complexity index is 1130. The van der Waals surface area contributed by atoms with Crippen molar-refractivity contribution in [3.63, 3.8) is 0 Å². The molecule has 0 radical (unpaired) electrons. The molecule has 2 aromatic heterocycles. The smallest absolute Gasteiger partial charge is 0.297 e. The van der Waals surface area contributed by atoms with Gasteiger partial charge in [-0.3, -0.25) is 0 Å². The number of nitrogens with one attached hydrogen (secondary N) is 2. The van der Waals surface area contributed by atoms with Crippen molar-refractivity contribution in [2.75, 3.05) is 4.72 Å². The third-order valence-corrected chi connectivity index (χ3v) is 6.57. The van der Waals surface area contributed by atoms with Gasteiger partial charge in [0.25, 0.3) is 10.0 Å². The molecule has 8 heteroatoms. The maximum atomic E-state index is 12.3. The van der Waals surface area contributed by atoms with Crippen LogP contribution in [0.5, 0.6) is 0 Å². The zero-order valence-corrected chi connectivity index (χ0v) is 18.3. The predicted octanol–water partition coefficient (Wildman–Crippen LogP) is 5.10. The minimum absolute atomic E-state index is 0.0340. The highest BCUT2D eigenvalue weighted by molar-refractivity contribution is 7.92. The van der Waals surface area contributed by atoms with Crippen molar-refractivity contribution in [2.24, 2.45) is 0 Å². The van der Waals surface area contributed by atoms with E-state index in [0.717, 1.165) is 17.5 Å². The lowest BCUT2D eigenvalue weighted by molar-refractivity contribution is 0.451. The Balaban J connectivity index is 1.43. The molecule has 2 heterocycles. The van der Waals surface area contributed by atoms with Gasteiger partial charge in [-0.25, -0.2) is 9.71 Å². The summed E-state index contributed by atoms with van der Waals surface area (Å²) >= 11 is 0. The van der Waals surface area contributed by atoms with E-state index in [9.17, 15) is 8.42 Å². The molecule has 1 unspecified atom stereocenters. The molecule has 1 atom stereocenters. The first-order valence-corrected chi connectivity index (χ1v) is 12.0. The summed E-state index contributed by atoms with van der Waals surface area (Å²) < 4.78 is 37.6. The molecule has 2 N–H and O–H groups in total. The van der Waals surface area contributed by atoms with Gasteiger partial charge in [-0.1, -0.05) is 29.8 Å². The van der Waals surface area contributed by atoms with Gasteiger partial charge in [0.2, 0.25) is 16.9 Å². The topological polar surface area (TPSA) is 97.4 Å². The summed E-state index contributed by atoms with van der Waals surface area (Å²) in [5.41, 5.74) is 3.40. The van der Waals surface area contributed by atoms with E-state index in [1.165, 1.54) is 50.3 Å². The van der Waals surface area contributed by atoms with Crippen molar-refractivity contribution >= 4 is 15.9 Å². The minimum Gasteiger partial charge on any atom is -0.451 e. The fourth-order valence-electron chi connectivity index (χ4n) is 3.77. The lowest BCUT2D eigenvalue weighted by atomic mass is 9.94. The molecular formula is C23H27N3O4S. The Kier molecular flexibility index (Phi) is 6.58. The third kappa shape index (κ3) is 5.45. The average Bonchev–Trinajstić information content (AvgIpc) is 3.46. The van der Waals surface area contributed by atoms with Crippen LogP contribution in [0.1, 0.15) is 44.6 Å². The molecule has 0 fully saturated rings. The van der Waals surface area contributed by atoms with Crippen LogP contribution in [0.4, 0.5) is 5.88 Å². The molecule has 31 heavy (non-hydrogen) atoms. The van der Waals surface area contributed by atoms with Gasteiger partial charge in [-0.05, 0) is 62.8 Å². The first-order chi connectivity index (χ1) is 15.0. The first kappa shape index (κ1) is 21.4. The summed E-state index contributed by atoms with van der Waals surface area (Å²) in [7, 11) is -3.85. The summed E-state index contributed by atoms with van der Waals surface area (Å²) in [4.78, 5) is 4.27. The number of furan rings is 1. The highest BCUT2D eigenvalue weighted by Crippen LogP contribution is 2.27. The molecule has 1 aliphatic rings. The molecule has 0 amide bonds. The molecule has 4 rings (SSSR count). The van der Waals surface area contributed by atoms with E-state index in [1.54, 1.807) is 5.57 Å². The van der Waals surface area contributed by atoms with Crippen LogP contribution in [0, 0.1) is 0 Å². The normalized spacial score (nSPS) is 15.5. The van der Waals surface area contributed by atoms with Crippen molar-refractivity contribution in [1.82, 2.24) is 10.3 Å². The van der Waals surface area contributed by atoms with E-state index < -0.39 is 10.0 Å². The second-order valence-corrected chi connectivity index (χ2v) is 9.43. The number of sulfonamides is 1. The summed E-state index contributed by atoms with van der Waals surface area (Å²) in [6.45, 7) is 2.87. The maximum absolute atomic E-state index is 12.3. The van der Waals surface area contributed by atoms with Crippen molar-refractivity contribution in [3.05, 3.63) is 66.1 Å². The van der Waals surface area contributed by atoms with Crippen LogP contribution in [0.3, 0.4) is 0 Å². The lowest BCUT2D eigenvalue weighted by Gasteiger charge is -2.19.